The number of ketones is 1. The zero-order chi connectivity index (χ0) is 26.6. The summed E-state index contributed by atoms with van der Waals surface area (Å²) in [4.78, 5) is 55.0. The number of anilines is 1. The Bertz CT molecular complexity index is 1370. The summed E-state index contributed by atoms with van der Waals surface area (Å²) in [6.45, 7) is 1.47. The van der Waals surface area contributed by atoms with Crippen molar-refractivity contribution in [1.29, 1.82) is 0 Å². The Kier molecular flexibility index (Phi) is 6.19. The predicted octanol–water partition coefficient (Wildman–Crippen LogP) is 4.84. The number of hydrogen-bond donors (Lipinski definition) is 1. The molecule has 1 saturated heterocycles. The van der Waals surface area contributed by atoms with Crippen LogP contribution in [-0.4, -0.2) is 46.5 Å². The van der Waals surface area contributed by atoms with Gasteiger partial charge >= 0.3 is 0 Å². The normalized spacial score (nSPS) is 23.5. The fourth-order valence-electron chi connectivity index (χ4n) is 6.66. The number of nitrogens with zero attached hydrogens (tertiary/aromatic N) is 1. The number of hydrogen-bond acceptors (Lipinski definition) is 5. The maximum absolute atomic E-state index is 14.1. The van der Waals surface area contributed by atoms with Gasteiger partial charge in [-0.05, 0) is 59.7 Å². The van der Waals surface area contributed by atoms with E-state index in [2.05, 4.69) is 29.6 Å². The second-order valence-corrected chi connectivity index (χ2v) is 11.2. The van der Waals surface area contributed by atoms with Crippen LogP contribution < -0.4 is 5.32 Å². The van der Waals surface area contributed by atoms with Crippen molar-refractivity contribution in [3.05, 3.63) is 101 Å². The molecule has 38 heavy (non-hydrogen) atoms. The van der Waals surface area contributed by atoms with Gasteiger partial charge in [0.05, 0.1) is 11.8 Å². The summed E-state index contributed by atoms with van der Waals surface area (Å²) in [6, 6.07) is 22.0. The summed E-state index contributed by atoms with van der Waals surface area (Å²) in [5, 5.41) is 2.87. The van der Waals surface area contributed by atoms with Gasteiger partial charge in [0.15, 0.2) is 5.78 Å². The van der Waals surface area contributed by atoms with Crippen molar-refractivity contribution in [2.45, 2.75) is 31.2 Å². The molecule has 3 amide bonds. The Morgan fingerprint density at radius 2 is 1.37 bits per heavy atom. The van der Waals surface area contributed by atoms with Crippen molar-refractivity contribution in [3.8, 4) is 0 Å². The molecule has 6 nitrogen and oxygen atoms in total. The number of imide groups is 1. The standard InChI is InChI=1S/C31H28N2O4S/c1-17(34)18-8-7-9-19(16-18)32-29(35)24(14-15-38-2)33-30(36)27-25-20-10-3-4-11-21(20)26(28(27)31(33)37)23-13-6-5-12-22(23)25/h3-13,16,24-28H,14-15H2,1-2H3,(H,32,35)/t24-,25?,26?,27-,28-/m1/s1. The van der Waals surface area contributed by atoms with E-state index in [-0.39, 0.29) is 29.4 Å². The molecule has 1 N–H and O–H groups in total. The van der Waals surface area contributed by atoms with E-state index >= 15 is 0 Å². The number of nitrogens with one attached hydrogen (secondary N) is 1. The van der Waals surface area contributed by atoms with Crippen LogP contribution in [0, 0.1) is 11.8 Å². The highest BCUT2D eigenvalue weighted by atomic mass is 32.2. The van der Waals surface area contributed by atoms with Crippen molar-refractivity contribution in [2.24, 2.45) is 11.8 Å². The highest BCUT2D eigenvalue weighted by Crippen LogP contribution is 2.61. The van der Waals surface area contributed by atoms with Crippen molar-refractivity contribution < 1.29 is 19.2 Å². The lowest BCUT2D eigenvalue weighted by molar-refractivity contribution is -0.146. The van der Waals surface area contributed by atoms with Gasteiger partial charge in [-0.3, -0.25) is 24.1 Å². The molecule has 192 valence electrons. The minimum absolute atomic E-state index is 0.108. The quantitative estimate of drug-likeness (QED) is 0.353. The summed E-state index contributed by atoms with van der Waals surface area (Å²) in [6.07, 6.45) is 2.29. The molecule has 7 rings (SSSR count). The molecule has 0 unspecified atom stereocenters. The second-order valence-electron chi connectivity index (χ2n) is 10.2. The number of carbonyl (C=O) groups excluding carboxylic acids is 4. The number of thioether (sulfide) groups is 1. The highest BCUT2D eigenvalue weighted by molar-refractivity contribution is 7.98. The third-order valence-electron chi connectivity index (χ3n) is 8.23. The van der Waals surface area contributed by atoms with Gasteiger partial charge in [0.1, 0.15) is 6.04 Å². The molecular formula is C31H28N2O4S. The van der Waals surface area contributed by atoms with E-state index in [4.69, 9.17) is 0 Å². The topological polar surface area (TPSA) is 83.6 Å². The molecule has 0 aromatic heterocycles. The fraction of sp³-hybridized carbons (Fsp3) is 0.290. The molecule has 2 bridgehead atoms. The summed E-state index contributed by atoms with van der Waals surface area (Å²) in [5.74, 6) is -1.91. The van der Waals surface area contributed by atoms with Crippen LogP contribution >= 0.6 is 11.8 Å². The molecule has 0 spiro atoms. The minimum atomic E-state index is -0.931. The maximum Gasteiger partial charge on any atom is 0.247 e. The van der Waals surface area contributed by atoms with E-state index in [0.29, 0.717) is 23.4 Å². The molecule has 7 heteroatoms. The Morgan fingerprint density at radius 1 is 0.842 bits per heavy atom. The van der Waals surface area contributed by atoms with E-state index in [0.717, 1.165) is 22.3 Å². The SMILES string of the molecule is CSCC[C@H](C(=O)Nc1cccc(C(C)=O)c1)N1C(=O)[C@@H]2C3c4ccccc4C(c4ccccc43)[C@H]2C1=O. The van der Waals surface area contributed by atoms with Crippen LogP contribution in [0.2, 0.25) is 0 Å². The van der Waals surface area contributed by atoms with Gasteiger partial charge in [0.2, 0.25) is 17.7 Å². The van der Waals surface area contributed by atoms with E-state index in [1.165, 1.54) is 11.8 Å². The van der Waals surface area contributed by atoms with Crippen LogP contribution in [0.1, 0.15) is 57.8 Å². The molecule has 4 aliphatic rings. The van der Waals surface area contributed by atoms with Gasteiger partial charge < -0.3 is 5.32 Å². The Balaban J connectivity index is 1.38. The molecule has 0 radical (unpaired) electrons. The zero-order valence-corrected chi connectivity index (χ0v) is 22.0. The molecular weight excluding hydrogens is 496 g/mol. The lowest BCUT2D eigenvalue weighted by Gasteiger charge is -2.45. The average Bonchev–Trinajstić information content (AvgIpc) is 3.19. The van der Waals surface area contributed by atoms with Crippen LogP contribution in [0.15, 0.2) is 72.8 Å². The lowest BCUT2D eigenvalue weighted by atomic mass is 9.55. The number of carbonyl (C=O) groups is 4. The van der Waals surface area contributed by atoms with Crippen molar-refractivity contribution in [1.82, 2.24) is 4.90 Å². The van der Waals surface area contributed by atoms with Crippen LogP contribution in [0.25, 0.3) is 0 Å². The zero-order valence-electron chi connectivity index (χ0n) is 21.2. The smallest absolute Gasteiger partial charge is 0.247 e. The predicted molar refractivity (Wildman–Crippen MR) is 147 cm³/mol. The molecule has 3 aromatic rings. The van der Waals surface area contributed by atoms with Gasteiger partial charge in [0, 0.05) is 23.1 Å². The first-order valence-corrected chi connectivity index (χ1v) is 14.3. The van der Waals surface area contributed by atoms with Crippen LogP contribution in [0.3, 0.4) is 0 Å². The largest absolute Gasteiger partial charge is 0.324 e. The third kappa shape index (κ3) is 3.71. The van der Waals surface area contributed by atoms with Gasteiger partial charge in [-0.1, -0.05) is 60.7 Å². The summed E-state index contributed by atoms with van der Waals surface area (Å²) >= 11 is 1.57. The summed E-state index contributed by atoms with van der Waals surface area (Å²) in [5.41, 5.74) is 5.36. The number of Topliss-reactive ketones (excluding diaryl/α,β-unsaturated/α-hetero) is 1. The molecule has 1 fully saturated rings. The molecule has 0 saturated carbocycles. The first-order chi connectivity index (χ1) is 18.4. The minimum Gasteiger partial charge on any atom is -0.324 e. The fourth-order valence-corrected chi connectivity index (χ4v) is 7.11. The first kappa shape index (κ1) is 24.6. The Labute approximate surface area is 225 Å². The number of rotatable bonds is 7. The monoisotopic (exact) mass is 524 g/mol. The summed E-state index contributed by atoms with van der Waals surface area (Å²) < 4.78 is 0. The van der Waals surface area contributed by atoms with Gasteiger partial charge in [-0.25, -0.2) is 0 Å². The highest BCUT2D eigenvalue weighted by Gasteiger charge is 2.62. The Hall–Kier alpha value is -3.71. The van der Waals surface area contributed by atoms with Crippen LogP contribution in [-0.2, 0) is 14.4 Å². The van der Waals surface area contributed by atoms with Crippen molar-refractivity contribution in [2.75, 3.05) is 17.3 Å². The second kappa shape index (κ2) is 9.55. The van der Waals surface area contributed by atoms with Crippen molar-refractivity contribution >= 4 is 41.0 Å². The third-order valence-corrected chi connectivity index (χ3v) is 8.87. The van der Waals surface area contributed by atoms with Crippen molar-refractivity contribution in [3.63, 3.8) is 0 Å². The molecule has 3 aliphatic carbocycles. The molecule has 1 heterocycles. The average molecular weight is 525 g/mol. The van der Waals surface area contributed by atoms with Crippen LogP contribution in [0.4, 0.5) is 5.69 Å². The number of likely N-dealkylation sites (tertiary alicyclic amines) is 1. The molecule has 1 aliphatic heterocycles. The first-order valence-electron chi connectivity index (χ1n) is 12.9. The van der Waals surface area contributed by atoms with E-state index in [9.17, 15) is 19.2 Å². The van der Waals surface area contributed by atoms with Gasteiger partial charge in [-0.2, -0.15) is 11.8 Å². The van der Waals surface area contributed by atoms with Crippen LogP contribution in [0.5, 0.6) is 0 Å². The van der Waals surface area contributed by atoms with E-state index < -0.39 is 23.8 Å². The van der Waals surface area contributed by atoms with E-state index in [1.807, 2.05) is 30.5 Å². The van der Waals surface area contributed by atoms with Gasteiger partial charge in [-0.15, -0.1) is 0 Å². The van der Waals surface area contributed by atoms with Gasteiger partial charge in [0.25, 0.3) is 0 Å². The maximum atomic E-state index is 14.1. The number of amides is 3. The lowest BCUT2D eigenvalue weighted by Crippen LogP contribution is -2.48. The molecule has 3 atom stereocenters. The number of benzene rings is 3. The summed E-state index contributed by atoms with van der Waals surface area (Å²) in [7, 11) is 0. The van der Waals surface area contributed by atoms with E-state index in [1.54, 1.807) is 36.0 Å². The molecule has 3 aromatic carbocycles. The Morgan fingerprint density at radius 3 is 1.84 bits per heavy atom.